The standard InChI is InChI=1S/C11H23NO4Si/c1-8(12-10(14)15)7-9(13)16-17(5,6)11(2,3)4/h8,12H,7H2,1-6H3,(H,14,15). The van der Waals surface area contributed by atoms with Crippen LogP contribution in [0.15, 0.2) is 0 Å². The van der Waals surface area contributed by atoms with Crippen LogP contribution in [-0.2, 0) is 9.22 Å². The lowest BCUT2D eigenvalue weighted by molar-refractivity contribution is -0.135. The molecule has 2 N–H and O–H groups in total. The first-order valence-corrected chi connectivity index (χ1v) is 8.58. The Balaban J connectivity index is 4.32. The van der Waals surface area contributed by atoms with Gasteiger partial charge in [-0.15, -0.1) is 0 Å². The maximum absolute atomic E-state index is 11.7. The van der Waals surface area contributed by atoms with Crippen molar-refractivity contribution in [3.63, 3.8) is 0 Å². The van der Waals surface area contributed by atoms with Gasteiger partial charge in [-0.3, -0.25) is 4.79 Å². The van der Waals surface area contributed by atoms with Crippen molar-refractivity contribution in [2.24, 2.45) is 0 Å². The first kappa shape index (κ1) is 16.0. The fourth-order valence-electron chi connectivity index (χ4n) is 0.991. The second-order valence-electron chi connectivity index (χ2n) is 5.79. The Morgan fingerprint density at radius 2 is 1.82 bits per heavy atom. The zero-order valence-corrected chi connectivity index (χ0v) is 12.5. The van der Waals surface area contributed by atoms with Crippen LogP contribution in [0.25, 0.3) is 0 Å². The summed E-state index contributed by atoms with van der Waals surface area (Å²) in [5, 5.41) is 10.7. The minimum Gasteiger partial charge on any atom is -0.519 e. The van der Waals surface area contributed by atoms with Crippen LogP contribution < -0.4 is 5.32 Å². The molecule has 0 heterocycles. The Kier molecular flexibility index (Phi) is 5.19. The van der Waals surface area contributed by atoms with Crippen LogP contribution in [0, 0.1) is 0 Å². The van der Waals surface area contributed by atoms with Crippen LogP contribution in [0.1, 0.15) is 34.1 Å². The summed E-state index contributed by atoms with van der Waals surface area (Å²) >= 11 is 0. The van der Waals surface area contributed by atoms with E-state index in [1.54, 1.807) is 6.92 Å². The summed E-state index contributed by atoms with van der Waals surface area (Å²) in [6, 6.07) is -0.426. The van der Waals surface area contributed by atoms with E-state index >= 15 is 0 Å². The molecule has 0 aromatic carbocycles. The molecule has 0 radical (unpaired) electrons. The largest absolute Gasteiger partial charge is 0.519 e. The van der Waals surface area contributed by atoms with Crippen LogP contribution in [0.2, 0.25) is 18.1 Å². The molecule has 1 amide bonds. The fraction of sp³-hybridized carbons (Fsp3) is 0.818. The summed E-state index contributed by atoms with van der Waals surface area (Å²) in [4.78, 5) is 22.1. The Bertz CT molecular complexity index is 296. The van der Waals surface area contributed by atoms with Gasteiger partial charge in [-0.05, 0) is 25.1 Å². The monoisotopic (exact) mass is 261 g/mol. The molecule has 0 aliphatic heterocycles. The Hall–Kier alpha value is -1.04. The van der Waals surface area contributed by atoms with Crippen LogP contribution in [0.5, 0.6) is 0 Å². The van der Waals surface area contributed by atoms with E-state index in [0.29, 0.717) is 0 Å². The van der Waals surface area contributed by atoms with Gasteiger partial charge in [-0.1, -0.05) is 20.8 Å². The molecule has 0 aliphatic rings. The van der Waals surface area contributed by atoms with Gasteiger partial charge >= 0.3 is 6.09 Å². The van der Waals surface area contributed by atoms with Crippen LogP contribution in [0.4, 0.5) is 4.79 Å². The molecule has 100 valence electrons. The van der Waals surface area contributed by atoms with E-state index in [4.69, 9.17) is 9.53 Å². The van der Waals surface area contributed by atoms with E-state index < -0.39 is 20.5 Å². The van der Waals surface area contributed by atoms with Gasteiger partial charge in [-0.2, -0.15) is 0 Å². The maximum Gasteiger partial charge on any atom is 0.404 e. The molecule has 0 spiro atoms. The maximum atomic E-state index is 11.7. The predicted octanol–water partition coefficient (Wildman–Crippen LogP) is 2.58. The summed E-state index contributed by atoms with van der Waals surface area (Å²) in [5.41, 5.74) is 0. The van der Waals surface area contributed by atoms with Gasteiger partial charge in [0.25, 0.3) is 14.3 Å². The fourth-order valence-corrected chi connectivity index (χ4v) is 1.95. The molecule has 0 rings (SSSR count). The normalized spacial score (nSPS) is 14.0. The highest BCUT2D eigenvalue weighted by molar-refractivity contribution is 6.75. The van der Waals surface area contributed by atoms with Crippen LogP contribution in [-0.4, -0.2) is 31.5 Å². The van der Waals surface area contributed by atoms with E-state index in [2.05, 4.69) is 5.32 Å². The highest BCUT2D eigenvalue weighted by Gasteiger charge is 2.40. The number of hydrogen-bond acceptors (Lipinski definition) is 3. The highest BCUT2D eigenvalue weighted by atomic mass is 28.4. The van der Waals surface area contributed by atoms with E-state index in [0.717, 1.165) is 0 Å². The van der Waals surface area contributed by atoms with Gasteiger partial charge in [-0.25, -0.2) is 4.79 Å². The number of nitrogens with one attached hydrogen (secondary N) is 1. The molecular weight excluding hydrogens is 238 g/mol. The number of hydrogen-bond donors (Lipinski definition) is 2. The lowest BCUT2D eigenvalue weighted by atomic mass is 10.2. The predicted molar refractivity (Wildman–Crippen MR) is 68.5 cm³/mol. The topological polar surface area (TPSA) is 75.6 Å². The number of amides is 1. The summed E-state index contributed by atoms with van der Waals surface area (Å²) in [6.45, 7) is 11.8. The Labute approximate surface area is 104 Å². The molecule has 0 fully saturated rings. The third-order valence-corrected chi connectivity index (χ3v) is 7.37. The Morgan fingerprint density at radius 3 is 2.18 bits per heavy atom. The molecule has 0 aliphatic carbocycles. The van der Waals surface area contributed by atoms with Crippen molar-refractivity contribution in [2.45, 2.75) is 58.3 Å². The minimum absolute atomic E-state index is 0.0356. The second-order valence-corrected chi connectivity index (χ2v) is 10.5. The average Bonchev–Trinajstić information content (AvgIpc) is 1.96. The molecule has 17 heavy (non-hydrogen) atoms. The number of carbonyl (C=O) groups excluding carboxylic acids is 1. The van der Waals surface area contributed by atoms with Gasteiger partial charge in [0.15, 0.2) is 0 Å². The van der Waals surface area contributed by atoms with E-state index in [-0.39, 0.29) is 17.4 Å². The zero-order valence-electron chi connectivity index (χ0n) is 11.5. The highest BCUT2D eigenvalue weighted by Crippen LogP contribution is 2.36. The first-order valence-electron chi connectivity index (χ1n) is 5.67. The van der Waals surface area contributed by atoms with Crippen molar-refractivity contribution >= 4 is 20.4 Å². The molecule has 1 unspecified atom stereocenters. The average molecular weight is 261 g/mol. The van der Waals surface area contributed by atoms with Crippen molar-refractivity contribution in [1.29, 1.82) is 0 Å². The lowest BCUT2D eigenvalue weighted by Gasteiger charge is -2.35. The van der Waals surface area contributed by atoms with Crippen molar-refractivity contribution in [2.75, 3.05) is 0 Å². The summed E-state index contributed by atoms with van der Waals surface area (Å²) in [5.74, 6) is -0.335. The van der Waals surface area contributed by atoms with Gasteiger partial charge in [0.2, 0.25) is 0 Å². The zero-order chi connectivity index (χ0) is 13.9. The number of rotatable bonds is 4. The third kappa shape index (κ3) is 5.72. The first-order chi connectivity index (χ1) is 7.45. The molecule has 0 saturated heterocycles. The molecule has 0 bridgehead atoms. The van der Waals surface area contributed by atoms with Gasteiger partial charge in [0.05, 0.1) is 6.42 Å². The molecule has 0 saturated carbocycles. The van der Waals surface area contributed by atoms with Gasteiger partial charge in [0, 0.05) is 6.04 Å². The Morgan fingerprint density at radius 1 is 1.35 bits per heavy atom. The molecule has 1 atom stereocenters. The van der Waals surface area contributed by atoms with Crippen molar-refractivity contribution in [3.8, 4) is 0 Å². The quantitative estimate of drug-likeness (QED) is 0.763. The van der Waals surface area contributed by atoms with Crippen LogP contribution in [0.3, 0.4) is 0 Å². The SMILES string of the molecule is CC(CC(=O)O[Si](C)(C)C(C)(C)C)NC(=O)O. The summed E-state index contributed by atoms with van der Waals surface area (Å²) in [6.07, 6.45) is -1.06. The van der Waals surface area contributed by atoms with E-state index in [1.807, 2.05) is 33.9 Å². The lowest BCUT2D eigenvalue weighted by Crippen LogP contribution is -2.44. The van der Waals surface area contributed by atoms with Crippen molar-refractivity contribution < 1.29 is 19.1 Å². The molecule has 0 aromatic rings. The van der Waals surface area contributed by atoms with Crippen molar-refractivity contribution in [3.05, 3.63) is 0 Å². The van der Waals surface area contributed by atoms with E-state index in [9.17, 15) is 9.59 Å². The van der Waals surface area contributed by atoms with E-state index in [1.165, 1.54) is 0 Å². The summed E-state index contributed by atoms with van der Waals surface area (Å²) < 4.78 is 5.52. The third-order valence-electron chi connectivity index (χ3n) is 3.02. The van der Waals surface area contributed by atoms with Gasteiger partial charge in [0.1, 0.15) is 0 Å². The smallest absolute Gasteiger partial charge is 0.404 e. The van der Waals surface area contributed by atoms with Gasteiger partial charge < -0.3 is 14.8 Å². The number of carboxylic acid groups (broad SMARTS) is 1. The number of carbonyl (C=O) groups is 2. The van der Waals surface area contributed by atoms with Crippen LogP contribution >= 0.6 is 0 Å². The second kappa shape index (κ2) is 5.53. The molecule has 5 nitrogen and oxygen atoms in total. The summed E-state index contributed by atoms with van der Waals surface area (Å²) in [7, 11) is -2.10. The van der Waals surface area contributed by atoms with Crippen molar-refractivity contribution in [1.82, 2.24) is 5.32 Å². The minimum atomic E-state index is -2.10. The molecule has 6 heteroatoms. The molecular formula is C11H23NO4Si. The molecule has 0 aromatic heterocycles.